The molecule has 0 nitrogen and oxygen atoms in total. The van der Waals surface area contributed by atoms with Crippen LogP contribution >= 0.6 is 11.2 Å². The van der Waals surface area contributed by atoms with Gasteiger partial charge in [-0.25, -0.2) is 11.6 Å². The van der Waals surface area contributed by atoms with E-state index >= 15 is 0 Å². The molecule has 1 radical (unpaired) electrons. The summed E-state index contributed by atoms with van der Waals surface area (Å²) in [5.74, 6) is 0. The third-order valence-corrected chi connectivity index (χ3v) is 8.71. The number of hydrogen-bond donors (Lipinski definition) is 0. The Kier molecular flexibility index (Phi) is 11.6. The maximum atomic E-state index is 3.56. The normalized spacial score (nSPS) is 22.8. The molecule has 5 heteroatoms. The van der Waals surface area contributed by atoms with Crippen LogP contribution in [0.5, 0.6) is 0 Å². The summed E-state index contributed by atoms with van der Waals surface area (Å²) in [6.07, 6.45) is 16.3. The molecule has 0 aliphatic heterocycles. The van der Waals surface area contributed by atoms with Gasteiger partial charge in [0.2, 0.25) is 0 Å². The fourth-order valence-corrected chi connectivity index (χ4v) is 9.87. The van der Waals surface area contributed by atoms with Crippen molar-refractivity contribution in [3.63, 3.8) is 0 Å². The average Bonchev–Trinajstić information content (AvgIpc) is 2.81. The van der Waals surface area contributed by atoms with Crippen molar-refractivity contribution in [1.29, 1.82) is 0 Å². The molecule has 0 aromatic heterocycles. The summed E-state index contributed by atoms with van der Waals surface area (Å²) >= 11 is 2.28. The summed E-state index contributed by atoms with van der Waals surface area (Å²) in [7, 11) is -1.25. The predicted octanol–water partition coefficient (Wildman–Crippen LogP) is 0.701. The molecule has 2 aliphatic rings. The largest absolute Gasteiger partial charge is 3.00 e. The quantitative estimate of drug-likeness (QED) is 0.449. The monoisotopic (exact) mass is 449 g/mol. The number of rotatable bonds is 4. The SMILES string of the molecule is CC1=CCC(CC2=[C-]CC=C2)(S[Si](C)(C)C)C(C(C)(C)C)=C1.[Cl-].[Cl-].[Ti+3]. The predicted molar refractivity (Wildman–Crippen MR) is 105 cm³/mol. The second kappa shape index (κ2) is 10.4. The van der Waals surface area contributed by atoms with Gasteiger partial charge in [-0.15, -0.1) is 6.42 Å². The Hall–Kier alpha value is 0.821. The molecule has 0 heterocycles. The van der Waals surface area contributed by atoms with Crippen LogP contribution in [0.4, 0.5) is 0 Å². The minimum atomic E-state index is -1.25. The summed E-state index contributed by atoms with van der Waals surface area (Å²) in [4.78, 5) is 0. The van der Waals surface area contributed by atoms with E-state index in [0.29, 0.717) is 0 Å². The first-order valence-corrected chi connectivity index (χ1v) is 13.4. The topological polar surface area (TPSA) is 0 Å². The Bertz CT molecular complexity index is 565. The summed E-state index contributed by atoms with van der Waals surface area (Å²) in [5, 5.41) is 0. The molecule has 0 aromatic rings. The van der Waals surface area contributed by atoms with Gasteiger partial charge in [0.25, 0.3) is 0 Å². The Morgan fingerprint density at radius 3 is 2.24 bits per heavy atom. The van der Waals surface area contributed by atoms with E-state index in [9.17, 15) is 0 Å². The maximum absolute atomic E-state index is 3.56. The van der Waals surface area contributed by atoms with Gasteiger partial charge in [0, 0.05) is 4.75 Å². The van der Waals surface area contributed by atoms with Crippen molar-refractivity contribution < 1.29 is 46.5 Å². The van der Waals surface area contributed by atoms with Gasteiger partial charge in [0.15, 0.2) is 0 Å². The number of allylic oxidation sites excluding steroid dienone is 7. The molecule has 2 aliphatic carbocycles. The Labute approximate surface area is 187 Å². The van der Waals surface area contributed by atoms with Gasteiger partial charge >= 0.3 is 21.7 Å². The van der Waals surface area contributed by atoms with Crippen molar-refractivity contribution in [2.45, 2.75) is 71.3 Å². The zero-order chi connectivity index (χ0) is 16.6. The van der Waals surface area contributed by atoms with Crippen LogP contribution in [-0.4, -0.2) is 12.0 Å². The fraction of sp³-hybridized carbons (Fsp3) is 0.600. The van der Waals surface area contributed by atoms with Crippen molar-refractivity contribution in [2.75, 3.05) is 0 Å². The second-order valence-electron chi connectivity index (χ2n) is 8.65. The Morgan fingerprint density at radius 1 is 1.20 bits per heavy atom. The van der Waals surface area contributed by atoms with E-state index in [4.69, 9.17) is 0 Å². The van der Waals surface area contributed by atoms with Gasteiger partial charge in [-0.3, -0.25) is 6.08 Å². The molecule has 0 N–H and O–H groups in total. The third-order valence-electron chi connectivity index (χ3n) is 4.17. The molecule has 0 saturated heterocycles. The van der Waals surface area contributed by atoms with Gasteiger partial charge in [-0.2, -0.15) is 17.3 Å². The molecule has 0 amide bonds. The van der Waals surface area contributed by atoms with E-state index in [2.05, 4.69) is 88.9 Å². The standard InChI is InChI=1S/C20H31SSi.2ClH.Ti/c1-16-12-13-20(21-22(5,6)7,15-17-10-8-9-11-17)18(14-16)19(2,3)4;;;/h8,10,12,14H,9,13,15H2,1-7H3;2*1H;/q-1;;;+3/p-2. The van der Waals surface area contributed by atoms with Gasteiger partial charge in [0.1, 0.15) is 7.22 Å². The Morgan fingerprint density at radius 2 is 1.80 bits per heavy atom. The molecule has 0 aromatic carbocycles. The number of hydrogen-bond acceptors (Lipinski definition) is 1. The number of halogens is 2. The molecule has 0 fully saturated rings. The van der Waals surface area contributed by atoms with E-state index in [1.54, 1.807) is 5.57 Å². The van der Waals surface area contributed by atoms with Crippen LogP contribution < -0.4 is 24.8 Å². The van der Waals surface area contributed by atoms with Gasteiger partial charge in [-0.05, 0) is 30.8 Å². The maximum Gasteiger partial charge on any atom is 3.00 e. The van der Waals surface area contributed by atoms with Crippen LogP contribution in [0.1, 0.15) is 47.0 Å². The van der Waals surface area contributed by atoms with E-state index in [-0.39, 0.29) is 56.7 Å². The van der Waals surface area contributed by atoms with Crippen LogP contribution in [0.25, 0.3) is 0 Å². The third kappa shape index (κ3) is 7.76. The summed E-state index contributed by atoms with van der Waals surface area (Å²) in [5.41, 5.74) is 4.68. The Balaban J connectivity index is 0. The van der Waals surface area contributed by atoms with Crippen molar-refractivity contribution in [1.82, 2.24) is 0 Å². The summed E-state index contributed by atoms with van der Waals surface area (Å²) < 4.78 is 0.221. The van der Waals surface area contributed by atoms with Crippen LogP contribution in [0.2, 0.25) is 19.6 Å². The van der Waals surface area contributed by atoms with E-state index in [0.717, 1.165) is 19.3 Å². The van der Waals surface area contributed by atoms with Crippen LogP contribution in [0, 0.1) is 11.5 Å². The molecular formula is C20H31Cl2SSiTi. The first-order valence-electron chi connectivity index (χ1n) is 8.38. The van der Waals surface area contributed by atoms with Gasteiger partial charge in [0.05, 0.1) is 0 Å². The van der Waals surface area contributed by atoms with Crippen molar-refractivity contribution in [3.05, 3.63) is 47.1 Å². The van der Waals surface area contributed by atoms with E-state index in [1.165, 1.54) is 11.1 Å². The van der Waals surface area contributed by atoms with Gasteiger partial charge in [-0.1, -0.05) is 58.1 Å². The first kappa shape index (κ1) is 28.0. The first-order chi connectivity index (χ1) is 10.0. The summed E-state index contributed by atoms with van der Waals surface area (Å²) in [6, 6.07) is 0. The van der Waals surface area contributed by atoms with Crippen molar-refractivity contribution in [2.24, 2.45) is 5.41 Å². The van der Waals surface area contributed by atoms with Crippen molar-refractivity contribution in [3.8, 4) is 0 Å². The molecule has 2 rings (SSSR count). The minimum absolute atomic E-state index is 0. The minimum Gasteiger partial charge on any atom is -1.00 e. The molecule has 139 valence electrons. The molecule has 25 heavy (non-hydrogen) atoms. The summed E-state index contributed by atoms with van der Waals surface area (Å²) in [6.45, 7) is 16.8. The molecule has 0 spiro atoms. The fourth-order valence-electron chi connectivity index (χ4n) is 3.52. The second-order valence-corrected chi connectivity index (χ2v) is 18.2. The van der Waals surface area contributed by atoms with Gasteiger partial charge < -0.3 is 24.8 Å². The molecule has 1 atom stereocenters. The average molecular weight is 450 g/mol. The van der Waals surface area contributed by atoms with Crippen LogP contribution in [0.3, 0.4) is 0 Å². The zero-order valence-electron chi connectivity index (χ0n) is 16.6. The van der Waals surface area contributed by atoms with E-state index in [1.807, 2.05) is 0 Å². The van der Waals surface area contributed by atoms with E-state index < -0.39 is 7.22 Å². The molecule has 0 bridgehead atoms. The molecular weight excluding hydrogens is 419 g/mol. The van der Waals surface area contributed by atoms with Crippen LogP contribution in [-0.2, 0) is 21.7 Å². The molecule has 1 unspecified atom stereocenters. The smallest absolute Gasteiger partial charge is 1.00 e. The van der Waals surface area contributed by atoms with Crippen molar-refractivity contribution >= 4 is 18.4 Å². The van der Waals surface area contributed by atoms with Crippen LogP contribution in [0.15, 0.2) is 41.0 Å². The molecule has 0 saturated carbocycles. The zero-order valence-corrected chi connectivity index (χ0v) is 21.5.